The van der Waals surface area contributed by atoms with Gasteiger partial charge in [0.25, 0.3) is 5.97 Å². The molecule has 0 fully saturated rings. The Morgan fingerprint density at radius 3 is 1.94 bits per heavy atom. The van der Waals surface area contributed by atoms with Crippen molar-refractivity contribution in [2.24, 2.45) is 0 Å². The van der Waals surface area contributed by atoms with Gasteiger partial charge in [-0.15, -0.1) is 42.5 Å². The predicted molar refractivity (Wildman–Crippen MR) is 78.4 cm³/mol. The molecule has 0 saturated heterocycles. The van der Waals surface area contributed by atoms with Crippen LogP contribution < -0.4 is 6.15 Å². The van der Waals surface area contributed by atoms with Gasteiger partial charge < -0.3 is 21.5 Å². The first-order valence-corrected chi connectivity index (χ1v) is 5.41. The third-order valence-electron chi connectivity index (χ3n) is 1.53. The zero-order valence-electron chi connectivity index (χ0n) is 8.67. The molecule has 0 heterocycles. The lowest BCUT2D eigenvalue weighted by Gasteiger charge is -2.13. The Kier molecular flexibility index (Phi) is 14.4. The van der Waals surface area contributed by atoms with E-state index >= 15 is 0 Å². The number of hydrogen-bond acceptors (Lipinski definition) is 4. The minimum absolute atomic E-state index is 0. The Bertz CT molecular complexity index is 257. The van der Waals surface area contributed by atoms with E-state index in [1.54, 1.807) is 0 Å². The molecule has 0 aliphatic rings. The molecule has 0 amide bonds. The van der Waals surface area contributed by atoms with Crippen LogP contribution in [0.15, 0.2) is 30.3 Å². The Morgan fingerprint density at radius 2 is 1.50 bits per heavy atom. The van der Waals surface area contributed by atoms with Crippen LogP contribution in [-0.2, 0) is 6.16 Å². The lowest BCUT2D eigenvalue weighted by atomic mass is 10.2. The molecule has 96 valence electrons. The molecule has 1 aromatic rings. The van der Waals surface area contributed by atoms with Crippen LogP contribution in [0.2, 0.25) is 0 Å². The van der Waals surface area contributed by atoms with E-state index in [1.807, 2.05) is 30.3 Å². The van der Waals surface area contributed by atoms with E-state index in [2.05, 4.69) is 0 Å². The van der Waals surface area contributed by atoms with Gasteiger partial charge in [0.2, 0.25) is 0 Å². The molecule has 0 saturated carbocycles. The van der Waals surface area contributed by atoms with Crippen LogP contribution >= 0.6 is 42.5 Å². The molecule has 0 aliphatic carbocycles. The van der Waals surface area contributed by atoms with Crippen molar-refractivity contribution in [3.8, 4) is 0 Å². The number of rotatable bonds is 4. The van der Waals surface area contributed by atoms with Crippen LogP contribution in [0.5, 0.6) is 0 Å². The average molecular weight is 379 g/mol. The summed E-state index contributed by atoms with van der Waals surface area (Å²) in [6.07, 6.45) is 0.770. The predicted octanol–water partition coefficient (Wildman–Crippen LogP) is 1.81. The lowest BCUT2D eigenvalue weighted by Crippen LogP contribution is -2.29. The molecular weight excluding hydrogens is 361 g/mol. The summed E-state index contributed by atoms with van der Waals surface area (Å²) in [5.41, 5.74) is 1.14. The highest BCUT2D eigenvalue weighted by Crippen LogP contribution is 2.21. The summed E-state index contributed by atoms with van der Waals surface area (Å²) >= 11 is 0. The summed E-state index contributed by atoms with van der Waals surface area (Å²) in [5.74, 6) is -2.51. The Balaban J connectivity index is -0.000000563. The van der Waals surface area contributed by atoms with Gasteiger partial charge in [0.1, 0.15) is 0 Å². The van der Waals surface area contributed by atoms with E-state index in [0.29, 0.717) is 8.58 Å². The third-order valence-corrected chi connectivity index (χ3v) is 2.92. The van der Waals surface area contributed by atoms with E-state index in [0.717, 1.165) is 11.7 Å². The largest absolute Gasteiger partial charge is 0.344 e. The van der Waals surface area contributed by atoms with Crippen molar-refractivity contribution in [2.45, 2.75) is 12.1 Å². The van der Waals surface area contributed by atoms with Crippen molar-refractivity contribution in [3.05, 3.63) is 35.9 Å². The molecule has 6 N–H and O–H groups in total. The molecule has 1 unspecified atom stereocenters. The molecular formula is C9H18Br2NO3P. The smallest absolute Gasteiger partial charge is 0.279 e. The van der Waals surface area contributed by atoms with Gasteiger partial charge in [-0.25, -0.2) is 0 Å². The summed E-state index contributed by atoms with van der Waals surface area (Å²) < 4.78 is 0. The zero-order chi connectivity index (χ0) is 9.73. The maximum absolute atomic E-state index is 8.61. The van der Waals surface area contributed by atoms with Crippen LogP contribution in [0, 0.1) is 0 Å². The van der Waals surface area contributed by atoms with Crippen molar-refractivity contribution in [3.63, 3.8) is 0 Å². The highest BCUT2D eigenvalue weighted by Gasteiger charge is 2.16. The highest BCUT2D eigenvalue weighted by atomic mass is 79.9. The number of benzene rings is 1. The van der Waals surface area contributed by atoms with Gasteiger partial charge >= 0.3 is 0 Å². The molecule has 1 rings (SSSR count). The standard InChI is InChI=1S/C9H13O3P.2BrH.H3N/c10-9(11,12)7-13-6-8-4-2-1-3-5-8;;;/h1-5,10-13H,6-7H2;2*1H;1H3. The molecule has 1 aromatic carbocycles. The number of halogens is 2. The normalized spacial score (nSPS) is 10.2. The van der Waals surface area contributed by atoms with E-state index in [-0.39, 0.29) is 46.3 Å². The molecule has 0 bridgehead atoms. The van der Waals surface area contributed by atoms with E-state index in [1.165, 1.54) is 0 Å². The Labute approximate surface area is 118 Å². The average Bonchev–Trinajstić information content (AvgIpc) is 2.04. The first-order valence-electron chi connectivity index (χ1n) is 4.00. The fraction of sp³-hybridized carbons (Fsp3) is 0.333. The minimum atomic E-state index is -2.51. The third kappa shape index (κ3) is 11.0. The van der Waals surface area contributed by atoms with Gasteiger partial charge in [-0.3, -0.25) is 0 Å². The molecule has 4 nitrogen and oxygen atoms in total. The maximum atomic E-state index is 8.61. The van der Waals surface area contributed by atoms with Gasteiger partial charge in [0.15, 0.2) is 0 Å². The van der Waals surface area contributed by atoms with Gasteiger partial charge in [0, 0.05) is 6.16 Å². The molecule has 1 atom stereocenters. The van der Waals surface area contributed by atoms with E-state index < -0.39 is 5.97 Å². The van der Waals surface area contributed by atoms with Crippen LogP contribution in [0.4, 0.5) is 0 Å². The highest BCUT2D eigenvalue weighted by molar-refractivity contribution is 8.93. The zero-order valence-corrected chi connectivity index (χ0v) is 13.1. The molecule has 0 spiro atoms. The van der Waals surface area contributed by atoms with E-state index in [4.69, 9.17) is 15.3 Å². The first-order chi connectivity index (χ1) is 6.08. The van der Waals surface area contributed by atoms with Gasteiger partial charge in [-0.2, -0.15) is 0 Å². The second-order valence-corrected chi connectivity index (χ2v) is 4.07. The summed E-state index contributed by atoms with van der Waals surface area (Å²) in [7, 11) is 0.311. The SMILES string of the molecule is Br.Br.N.OC(O)(O)CPCc1ccccc1. The minimum Gasteiger partial charge on any atom is -0.344 e. The molecule has 16 heavy (non-hydrogen) atoms. The molecule has 0 radical (unpaired) electrons. The Hall–Kier alpha value is 0.450. The van der Waals surface area contributed by atoms with E-state index in [9.17, 15) is 0 Å². The van der Waals surface area contributed by atoms with Crippen molar-refractivity contribution in [1.29, 1.82) is 0 Å². The summed E-state index contributed by atoms with van der Waals surface area (Å²) in [4.78, 5) is 0. The van der Waals surface area contributed by atoms with Crippen molar-refractivity contribution in [2.75, 3.05) is 6.16 Å². The van der Waals surface area contributed by atoms with Gasteiger partial charge in [0.05, 0.1) is 0 Å². The molecule has 0 aromatic heterocycles. The van der Waals surface area contributed by atoms with Crippen molar-refractivity contribution in [1.82, 2.24) is 6.15 Å². The van der Waals surface area contributed by atoms with Crippen LogP contribution in [-0.4, -0.2) is 27.5 Å². The second kappa shape index (κ2) is 10.6. The second-order valence-electron chi connectivity index (χ2n) is 2.86. The summed E-state index contributed by atoms with van der Waals surface area (Å²) in [6, 6.07) is 9.75. The Morgan fingerprint density at radius 1 is 1.00 bits per heavy atom. The summed E-state index contributed by atoms with van der Waals surface area (Å²) in [6.45, 7) is 0. The fourth-order valence-electron chi connectivity index (χ4n) is 0.970. The maximum Gasteiger partial charge on any atom is 0.279 e. The van der Waals surface area contributed by atoms with Crippen LogP contribution in [0.25, 0.3) is 0 Å². The fourth-order valence-corrected chi connectivity index (χ4v) is 1.96. The van der Waals surface area contributed by atoms with Crippen molar-refractivity contribution >= 4 is 42.5 Å². The monoisotopic (exact) mass is 377 g/mol. The van der Waals surface area contributed by atoms with Crippen molar-refractivity contribution < 1.29 is 15.3 Å². The number of aliphatic hydroxyl groups is 3. The summed E-state index contributed by atoms with van der Waals surface area (Å²) in [5, 5.41) is 25.8. The van der Waals surface area contributed by atoms with Crippen LogP contribution in [0.1, 0.15) is 5.56 Å². The van der Waals surface area contributed by atoms with Gasteiger partial charge in [-0.1, -0.05) is 30.3 Å². The quantitative estimate of drug-likeness (QED) is 0.474. The first kappa shape index (κ1) is 21.7. The molecule has 7 heteroatoms. The molecule has 0 aliphatic heterocycles. The number of hydrogen-bond donors (Lipinski definition) is 4. The lowest BCUT2D eigenvalue weighted by molar-refractivity contribution is -0.293. The van der Waals surface area contributed by atoms with Crippen LogP contribution in [0.3, 0.4) is 0 Å². The van der Waals surface area contributed by atoms with Gasteiger partial charge in [-0.05, 0) is 11.7 Å². The topological polar surface area (TPSA) is 95.7 Å².